The molecular formula is C28H29ClN4O4. The lowest BCUT2D eigenvalue weighted by atomic mass is 10.1. The molecule has 0 bridgehead atoms. The second-order valence-corrected chi connectivity index (χ2v) is 8.43. The highest BCUT2D eigenvalue weighted by Crippen LogP contribution is 2.27. The first-order valence-corrected chi connectivity index (χ1v) is 11.9. The standard InChI is InChI=1S/C28H29ClN4O4/c1-5-37-25-15-12-20(17-26(25)36-4)18-30-32-28(35)24(16-19-10-13-21(14-11-19)33(2)3)31-27(34)22-8-6-7-9-23(22)29/h6-18H,5H2,1-4H3,(H,31,34)(H,32,35)/b24-16+,30-18+. The number of carbonyl (C=O) groups excluding carboxylic acids is 2. The van der Waals surface area contributed by atoms with Crippen LogP contribution in [0.1, 0.15) is 28.4 Å². The molecule has 0 aliphatic rings. The molecule has 0 heterocycles. The highest BCUT2D eigenvalue weighted by molar-refractivity contribution is 6.34. The molecule has 0 aliphatic heterocycles. The van der Waals surface area contributed by atoms with E-state index >= 15 is 0 Å². The van der Waals surface area contributed by atoms with Crippen LogP contribution in [-0.4, -0.2) is 45.8 Å². The zero-order valence-corrected chi connectivity index (χ0v) is 21.9. The number of carbonyl (C=O) groups is 2. The van der Waals surface area contributed by atoms with Crippen LogP contribution >= 0.6 is 11.6 Å². The van der Waals surface area contributed by atoms with Gasteiger partial charge in [0.15, 0.2) is 11.5 Å². The number of halogens is 1. The molecule has 0 aliphatic carbocycles. The molecule has 8 nitrogen and oxygen atoms in total. The SMILES string of the molecule is CCOc1ccc(/C=N/NC(=O)/C(=C\c2ccc(N(C)C)cc2)NC(=O)c2ccccc2Cl)cc1OC. The van der Waals surface area contributed by atoms with Crippen LogP contribution in [0.2, 0.25) is 5.02 Å². The molecule has 37 heavy (non-hydrogen) atoms. The van der Waals surface area contributed by atoms with Gasteiger partial charge in [0.2, 0.25) is 0 Å². The van der Waals surface area contributed by atoms with E-state index in [9.17, 15) is 9.59 Å². The Bertz CT molecular complexity index is 1300. The minimum atomic E-state index is -0.605. The van der Waals surface area contributed by atoms with Gasteiger partial charge in [-0.15, -0.1) is 0 Å². The smallest absolute Gasteiger partial charge is 0.287 e. The predicted molar refractivity (Wildman–Crippen MR) is 148 cm³/mol. The van der Waals surface area contributed by atoms with Crippen molar-refractivity contribution in [3.63, 3.8) is 0 Å². The zero-order valence-electron chi connectivity index (χ0n) is 21.1. The summed E-state index contributed by atoms with van der Waals surface area (Å²) in [5.41, 5.74) is 5.12. The number of anilines is 1. The molecule has 3 aromatic carbocycles. The Kier molecular flexibility index (Phi) is 9.69. The van der Waals surface area contributed by atoms with Gasteiger partial charge in [0.25, 0.3) is 11.8 Å². The Hall–Kier alpha value is -4.30. The van der Waals surface area contributed by atoms with Crippen molar-refractivity contribution < 1.29 is 19.1 Å². The van der Waals surface area contributed by atoms with Crippen LogP contribution in [0.15, 0.2) is 77.5 Å². The molecular weight excluding hydrogens is 492 g/mol. The lowest BCUT2D eigenvalue weighted by Gasteiger charge is -2.13. The maximum absolute atomic E-state index is 13.0. The van der Waals surface area contributed by atoms with E-state index in [4.69, 9.17) is 21.1 Å². The summed E-state index contributed by atoms with van der Waals surface area (Å²) in [7, 11) is 5.42. The van der Waals surface area contributed by atoms with Crippen LogP contribution in [-0.2, 0) is 4.79 Å². The molecule has 0 aromatic heterocycles. The van der Waals surface area contributed by atoms with Crippen LogP contribution in [0.25, 0.3) is 6.08 Å². The summed E-state index contributed by atoms with van der Waals surface area (Å²) in [6, 6.07) is 19.4. The zero-order chi connectivity index (χ0) is 26.8. The Balaban J connectivity index is 1.83. The molecule has 0 saturated carbocycles. The van der Waals surface area contributed by atoms with E-state index in [0.717, 1.165) is 11.3 Å². The van der Waals surface area contributed by atoms with E-state index in [2.05, 4.69) is 15.8 Å². The highest BCUT2D eigenvalue weighted by atomic mass is 35.5. The quantitative estimate of drug-likeness (QED) is 0.229. The number of nitrogens with zero attached hydrogens (tertiary/aromatic N) is 2. The fourth-order valence-corrected chi connectivity index (χ4v) is 3.52. The predicted octanol–water partition coefficient (Wildman–Crippen LogP) is 4.73. The van der Waals surface area contributed by atoms with Gasteiger partial charge in [-0.25, -0.2) is 5.43 Å². The molecule has 3 rings (SSSR count). The number of hydrogen-bond acceptors (Lipinski definition) is 6. The summed E-state index contributed by atoms with van der Waals surface area (Å²) in [4.78, 5) is 27.9. The molecule has 0 spiro atoms. The van der Waals surface area contributed by atoms with Gasteiger partial charge in [-0.3, -0.25) is 9.59 Å². The number of amides is 2. The normalized spacial score (nSPS) is 11.2. The number of hydrazone groups is 1. The highest BCUT2D eigenvalue weighted by Gasteiger charge is 2.16. The van der Waals surface area contributed by atoms with Gasteiger partial charge in [-0.05, 0) is 66.6 Å². The molecule has 192 valence electrons. The van der Waals surface area contributed by atoms with Gasteiger partial charge < -0.3 is 19.7 Å². The van der Waals surface area contributed by atoms with Crippen molar-refractivity contribution in [3.8, 4) is 11.5 Å². The second-order valence-electron chi connectivity index (χ2n) is 8.02. The fraction of sp³-hybridized carbons (Fsp3) is 0.179. The summed E-state index contributed by atoms with van der Waals surface area (Å²) in [6.07, 6.45) is 3.04. The first-order valence-electron chi connectivity index (χ1n) is 11.5. The average Bonchev–Trinajstić information content (AvgIpc) is 2.89. The van der Waals surface area contributed by atoms with E-state index in [1.165, 1.54) is 6.21 Å². The maximum Gasteiger partial charge on any atom is 0.287 e. The Morgan fingerprint density at radius 2 is 1.70 bits per heavy atom. The molecule has 0 saturated heterocycles. The van der Waals surface area contributed by atoms with Gasteiger partial charge in [0.05, 0.1) is 30.5 Å². The monoisotopic (exact) mass is 520 g/mol. The molecule has 9 heteroatoms. The lowest BCUT2D eigenvalue weighted by Crippen LogP contribution is -2.33. The van der Waals surface area contributed by atoms with E-state index in [1.54, 1.807) is 55.7 Å². The van der Waals surface area contributed by atoms with Crippen LogP contribution in [0.4, 0.5) is 5.69 Å². The Labute approximate surface area is 221 Å². The first-order chi connectivity index (χ1) is 17.8. The number of hydrogen-bond donors (Lipinski definition) is 2. The molecule has 0 fully saturated rings. The number of ether oxygens (including phenoxy) is 2. The largest absolute Gasteiger partial charge is 0.493 e. The number of benzene rings is 3. The summed E-state index contributed by atoms with van der Waals surface area (Å²) in [5.74, 6) is 0.0354. The van der Waals surface area contributed by atoms with Crippen LogP contribution in [0.5, 0.6) is 11.5 Å². The van der Waals surface area contributed by atoms with E-state index < -0.39 is 11.8 Å². The van der Waals surface area contributed by atoms with Crippen LogP contribution in [0, 0.1) is 0 Å². The summed E-state index contributed by atoms with van der Waals surface area (Å²) < 4.78 is 10.9. The number of rotatable bonds is 10. The minimum absolute atomic E-state index is 0.00365. The number of methoxy groups -OCH3 is 1. The van der Waals surface area contributed by atoms with Crippen molar-refractivity contribution in [2.45, 2.75) is 6.92 Å². The van der Waals surface area contributed by atoms with Crippen LogP contribution in [0.3, 0.4) is 0 Å². The lowest BCUT2D eigenvalue weighted by molar-refractivity contribution is -0.117. The third-order valence-electron chi connectivity index (χ3n) is 5.20. The van der Waals surface area contributed by atoms with E-state index in [0.29, 0.717) is 23.7 Å². The molecule has 0 unspecified atom stereocenters. The van der Waals surface area contributed by atoms with Crippen molar-refractivity contribution in [3.05, 3.63) is 94.1 Å². The summed E-state index contributed by atoms with van der Waals surface area (Å²) in [5, 5.41) is 6.97. The second kappa shape index (κ2) is 13.1. The van der Waals surface area contributed by atoms with Crippen molar-refractivity contribution in [2.75, 3.05) is 32.7 Å². The van der Waals surface area contributed by atoms with E-state index in [1.807, 2.05) is 50.2 Å². The maximum atomic E-state index is 13.0. The molecule has 0 radical (unpaired) electrons. The third-order valence-corrected chi connectivity index (χ3v) is 5.53. The van der Waals surface area contributed by atoms with Crippen LogP contribution < -0.4 is 25.1 Å². The van der Waals surface area contributed by atoms with Gasteiger partial charge in [0, 0.05) is 19.8 Å². The van der Waals surface area contributed by atoms with Crippen molar-refractivity contribution >= 4 is 41.4 Å². The minimum Gasteiger partial charge on any atom is -0.493 e. The molecule has 2 amide bonds. The van der Waals surface area contributed by atoms with Crippen molar-refractivity contribution in [2.24, 2.45) is 5.10 Å². The topological polar surface area (TPSA) is 92.3 Å². The fourth-order valence-electron chi connectivity index (χ4n) is 3.29. The number of nitrogens with one attached hydrogen (secondary N) is 2. The summed E-state index contributed by atoms with van der Waals surface area (Å²) in [6.45, 7) is 2.39. The van der Waals surface area contributed by atoms with Gasteiger partial charge >= 0.3 is 0 Å². The van der Waals surface area contributed by atoms with Gasteiger partial charge in [-0.1, -0.05) is 35.9 Å². The average molecular weight is 521 g/mol. The first kappa shape index (κ1) is 27.3. The summed E-state index contributed by atoms with van der Waals surface area (Å²) >= 11 is 6.17. The van der Waals surface area contributed by atoms with Crippen molar-refractivity contribution in [1.29, 1.82) is 0 Å². The molecule has 0 atom stereocenters. The van der Waals surface area contributed by atoms with E-state index in [-0.39, 0.29) is 16.3 Å². The third kappa shape index (κ3) is 7.59. The van der Waals surface area contributed by atoms with Gasteiger partial charge in [-0.2, -0.15) is 5.10 Å². The molecule has 2 N–H and O–H groups in total. The molecule has 3 aromatic rings. The Morgan fingerprint density at radius 1 is 1.00 bits per heavy atom. The van der Waals surface area contributed by atoms with Crippen molar-refractivity contribution in [1.82, 2.24) is 10.7 Å². The Morgan fingerprint density at radius 3 is 2.35 bits per heavy atom. The van der Waals surface area contributed by atoms with Gasteiger partial charge in [0.1, 0.15) is 5.70 Å².